The Balaban J connectivity index is 2.41. The van der Waals surface area contributed by atoms with E-state index in [-0.39, 0.29) is 6.10 Å². The van der Waals surface area contributed by atoms with E-state index < -0.39 is 0 Å². The highest BCUT2D eigenvalue weighted by Gasteiger charge is 2.05. The Hall–Kier alpha value is -1.06. The lowest BCUT2D eigenvalue weighted by atomic mass is 10.3. The number of imidazole rings is 1. The Bertz CT molecular complexity index is 450. The van der Waals surface area contributed by atoms with Crippen LogP contribution in [0.25, 0.3) is 11.0 Å². The fraction of sp³-hybridized carbons (Fsp3) is 0.300. The number of hydrogen-bond donors (Lipinski definition) is 2. The van der Waals surface area contributed by atoms with E-state index in [1.807, 2.05) is 12.1 Å². The van der Waals surface area contributed by atoms with Crippen LogP contribution >= 0.6 is 11.6 Å². The number of aromatic amines is 1. The van der Waals surface area contributed by atoms with Gasteiger partial charge in [-0.15, -0.1) is 0 Å². The van der Waals surface area contributed by atoms with Crippen molar-refractivity contribution < 1.29 is 5.11 Å². The van der Waals surface area contributed by atoms with Gasteiger partial charge in [0, 0.05) is 11.4 Å². The number of nitrogens with zero attached hydrogens (tertiary/aromatic N) is 1. The zero-order chi connectivity index (χ0) is 10.1. The van der Waals surface area contributed by atoms with E-state index in [2.05, 4.69) is 9.97 Å². The highest BCUT2D eigenvalue weighted by molar-refractivity contribution is 6.31. The van der Waals surface area contributed by atoms with Crippen molar-refractivity contribution in [3.63, 3.8) is 0 Å². The second kappa shape index (κ2) is 3.59. The van der Waals surface area contributed by atoms with Gasteiger partial charge in [-0.3, -0.25) is 0 Å². The van der Waals surface area contributed by atoms with Crippen molar-refractivity contribution in [1.82, 2.24) is 9.97 Å². The van der Waals surface area contributed by atoms with Crippen LogP contribution in [-0.2, 0) is 6.42 Å². The number of H-pyrrole nitrogens is 1. The first-order chi connectivity index (χ1) is 6.65. The van der Waals surface area contributed by atoms with Crippen LogP contribution in [0.2, 0.25) is 5.02 Å². The van der Waals surface area contributed by atoms with Gasteiger partial charge >= 0.3 is 0 Å². The summed E-state index contributed by atoms with van der Waals surface area (Å²) in [6.45, 7) is 1.74. The largest absolute Gasteiger partial charge is 0.393 e. The number of benzene rings is 1. The molecule has 0 radical (unpaired) electrons. The molecular formula is C10H11ClN2O. The molecule has 2 N–H and O–H groups in total. The number of aliphatic hydroxyl groups is 1. The van der Waals surface area contributed by atoms with Crippen molar-refractivity contribution in [2.45, 2.75) is 19.4 Å². The molecule has 1 aromatic carbocycles. The number of rotatable bonds is 2. The minimum absolute atomic E-state index is 0.383. The Morgan fingerprint density at radius 3 is 3.07 bits per heavy atom. The number of aliphatic hydroxyl groups excluding tert-OH is 1. The molecule has 14 heavy (non-hydrogen) atoms. The third kappa shape index (κ3) is 1.89. The van der Waals surface area contributed by atoms with Gasteiger partial charge in [-0.25, -0.2) is 4.98 Å². The fourth-order valence-corrected chi connectivity index (χ4v) is 1.58. The van der Waals surface area contributed by atoms with E-state index in [1.165, 1.54) is 0 Å². The molecule has 1 heterocycles. The molecule has 0 bridgehead atoms. The summed E-state index contributed by atoms with van der Waals surface area (Å²) in [6.07, 6.45) is 0.151. The third-order valence-electron chi connectivity index (χ3n) is 1.98. The predicted octanol–water partition coefficient (Wildman–Crippen LogP) is 2.14. The Labute approximate surface area is 86.7 Å². The van der Waals surface area contributed by atoms with Crippen molar-refractivity contribution in [3.05, 3.63) is 29.0 Å². The summed E-state index contributed by atoms with van der Waals surface area (Å²) < 4.78 is 0. The first-order valence-corrected chi connectivity index (χ1v) is 4.85. The maximum Gasteiger partial charge on any atom is 0.109 e. The highest BCUT2D eigenvalue weighted by Crippen LogP contribution is 2.17. The Kier molecular flexibility index (Phi) is 2.44. The Morgan fingerprint density at radius 1 is 1.57 bits per heavy atom. The first-order valence-electron chi connectivity index (χ1n) is 4.47. The molecule has 0 aliphatic carbocycles. The average Bonchev–Trinajstić information content (AvgIpc) is 2.44. The SMILES string of the molecule is CC(O)Cc1nc2ccc(Cl)cc2[nH]1. The average molecular weight is 211 g/mol. The lowest BCUT2D eigenvalue weighted by Crippen LogP contribution is -2.05. The van der Waals surface area contributed by atoms with Crippen LogP contribution in [0, 0.1) is 0 Å². The fourth-order valence-electron chi connectivity index (χ4n) is 1.41. The van der Waals surface area contributed by atoms with Crippen molar-refractivity contribution >= 4 is 22.6 Å². The Morgan fingerprint density at radius 2 is 2.36 bits per heavy atom. The molecule has 0 spiro atoms. The van der Waals surface area contributed by atoms with Crippen LogP contribution in [-0.4, -0.2) is 21.2 Å². The van der Waals surface area contributed by atoms with Crippen LogP contribution in [0.5, 0.6) is 0 Å². The first kappa shape index (κ1) is 9.49. The molecule has 74 valence electrons. The van der Waals surface area contributed by atoms with Crippen molar-refractivity contribution in [1.29, 1.82) is 0 Å². The molecule has 0 aliphatic heterocycles. The zero-order valence-corrected chi connectivity index (χ0v) is 8.54. The van der Waals surface area contributed by atoms with Gasteiger partial charge in [-0.05, 0) is 25.1 Å². The molecule has 0 saturated carbocycles. The van der Waals surface area contributed by atoms with Crippen molar-refractivity contribution in [2.75, 3.05) is 0 Å². The molecule has 2 rings (SSSR count). The molecule has 0 amide bonds. The topological polar surface area (TPSA) is 48.9 Å². The van der Waals surface area contributed by atoms with E-state index in [9.17, 15) is 5.11 Å². The highest BCUT2D eigenvalue weighted by atomic mass is 35.5. The van der Waals surface area contributed by atoms with Gasteiger partial charge < -0.3 is 10.1 Å². The molecule has 1 unspecified atom stereocenters. The van der Waals surface area contributed by atoms with Gasteiger partial charge in [0.15, 0.2) is 0 Å². The van der Waals surface area contributed by atoms with Gasteiger partial charge in [0.1, 0.15) is 5.82 Å². The number of fused-ring (bicyclic) bond motifs is 1. The van der Waals surface area contributed by atoms with Gasteiger partial charge in [0.2, 0.25) is 0 Å². The standard InChI is InChI=1S/C10H11ClN2O/c1-6(14)4-10-12-8-3-2-7(11)5-9(8)13-10/h2-3,5-6,14H,4H2,1H3,(H,12,13). The van der Waals surface area contributed by atoms with Crippen LogP contribution in [0.15, 0.2) is 18.2 Å². The van der Waals surface area contributed by atoms with Gasteiger partial charge in [0.05, 0.1) is 17.1 Å². The van der Waals surface area contributed by atoms with Crippen molar-refractivity contribution in [2.24, 2.45) is 0 Å². The van der Waals surface area contributed by atoms with E-state index in [4.69, 9.17) is 11.6 Å². The summed E-state index contributed by atoms with van der Waals surface area (Å²) in [5.41, 5.74) is 1.79. The summed E-state index contributed by atoms with van der Waals surface area (Å²) in [5, 5.41) is 9.88. The van der Waals surface area contributed by atoms with E-state index >= 15 is 0 Å². The van der Waals surface area contributed by atoms with Gasteiger partial charge in [-0.1, -0.05) is 11.6 Å². The predicted molar refractivity (Wildman–Crippen MR) is 56.5 cm³/mol. The maximum atomic E-state index is 9.20. The van der Waals surface area contributed by atoms with E-state index in [0.29, 0.717) is 11.4 Å². The number of halogens is 1. The van der Waals surface area contributed by atoms with Crippen LogP contribution in [0.4, 0.5) is 0 Å². The molecule has 4 heteroatoms. The molecule has 1 atom stereocenters. The van der Waals surface area contributed by atoms with Crippen LogP contribution in [0.3, 0.4) is 0 Å². The number of nitrogens with one attached hydrogen (secondary N) is 1. The molecule has 0 aliphatic rings. The monoisotopic (exact) mass is 210 g/mol. The summed E-state index contributed by atoms with van der Waals surface area (Å²) in [4.78, 5) is 7.43. The lowest BCUT2D eigenvalue weighted by Gasteiger charge is -1.97. The molecular weight excluding hydrogens is 200 g/mol. The molecule has 3 nitrogen and oxygen atoms in total. The summed E-state index contributed by atoms with van der Waals surface area (Å²) >= 11 is 5.84. The van der Waals surface area contributed by atoms with Gasteiger partial charge in [-0.2, -0.15) is 0 Å². The zero-order valence-electron chi connectivity index (χ0n) is 7.79. The summed E-state index contributed by atoms with van der Waals surface area (Å²) in [5.74, 6) is 0.789. The summed E-state index contributed by atoms with van der Waals surface area (Å²) in [7, 11) is 0. The third-order valence-corrected chi connectivity index (χ3v) is 2.22. The molecule has 2 aromatic rings. The smallest absolute Gasteiger partial charge is 0.109 e. The molecule has 0 fully saturated rings. The minimum Gasteiger partial charge on any atom is -0.393 e. The quantitative estimate of drug-likeness (QED) is 0.798. The van der Waals surface area contributed by atoms with E-state index in [0.717, 1.165) is 16.9 Å². The minimum atomic E-state index is -0.383. The van der Waals surface area contributed by atoms with E-state index in [1.54, 1.807) is 13.0 Å². The number of aromatic nitrogens is 2. The van der Waals surface area contributed by atoms with Gasteiger partial charge in [0.25, 0.3) is 0 Å². The second-order valence-corrected chi connectivity index (χ2v) is 3.83. The summed E-state index contributed by atoms with van der Waals surface area (Å²) in [6, 6.07) is 5.49. The lowest BCUT2D eigenvalue weighted by molar-refractivity contribution is 0.193. The maximum absolute atomic E-state index is 9.20. The van der Waals surface area contributed by atoms with Crippen molar-refractivity contribution in [3.8, 4) is 0 Å². The van der Waals surface area contributed by atoms with Crippen LogP contribution in [0.1, 0.15) is 12.7 Å². The normalized spacial score (nSPS) is 13.4. The molecule has 0 saturated heterocycles. The van der Waals surface area contributed by atoms with Crippen LogP contribution < -0.4 is 0 Å². The molecule has 1 aromatic heterocycles. The second-order valence-electron chi connectivity index (χ2n) is 3.40. The number of hydrogen-bond acceptors (Lipinski definition) is 2.